The molecule has 7 nitrogen and oxygen atoms in total. The highest BCUT2D eigenvalue weighted by molar-refractivity contribution is 6.33. The van der Waals surface area contributed by atoms with Crippen molar-refractivity contribution in [3.05, 3.63) is 11.5 Å². The highest BCUT2D eigenvalue weighted by atomic mass is 35.5. The number of carbonyl (C=O) groups excluding carboxylic acids is 1. The normalized spacial score (nSPS) is 10.6. The van der Waals surface area contributed by atoms with Crippen LogP contribution in [0.3, 0.4) is 0 Å². The molecule has 2 aromatic heterocycles. The van der Waals surface area contributed by atoms with E-state index in [9.17, 15) is 4.79 Å². The number of imidazole rings is 1. The standard InChI is InChI=1S/C8H9ClN6O/c1-15-3-12-5-6(9)13-8(14-7(5)15)11-2-4(10)16/h3H,2H2,1H3,(H2,10,16)(H,11,13,14). The van der Waals surface area contributed by atoms with Crippen LogP contribution in [0, 0.1) is 0 Å². The Bertz CT molecular complexity index is 551. The first-order chi connectivity index (χ1) is 7.58. The number of hydrogen-bond acceptors (Lipinski definition) is 5. The van der Waals surface area contributed by atoms with Crippen LogP contribution in [0.4, 0.5) is 5.95 Å². The number of carbonyl (C=O) groups is 1. The Morgan fingerprint density at radius 3 is 3.06 bits per heavy atom. The highest BCUT2D eigenvalue weighted by Gasteiger charge is 2.10. The predicted octanol–water partition coefficient (Wildman–Crippen LogP) is -0.0861. The number of aryl methyl sites for hydroxylation is 1. The Hall–Kier alpha value is -1.89. The van der Waals surface area contributed by atoms with Gasteiger partial charge in [0.25, 0.3) is 0 Å². The lowest BCUT2D eigenvalue weighted by Crippen LogP contribution is -2.22. The van der Waals surface area contributed by atoms with E-state index in [0.29, 0.717) is 11.2 Å². The summed E-state index contributed by atoms with van der Waals surface area (Å²) in [5.74, 6) is -0.246. The van der Waals surface area contributed by atoms with Crippen LogP contribution in [-0.4, -0.2) is 32.0 Å². The zero-order valence-corrected chi connectivity index (χ0v) is 9.19. The van der Waals surface area contributed by atoms with Crippen molar-refractivity contribution >= 4 is 34.6 Å². The second kappa shape index (κ2) is 3.93. The van der Waals surface area contributed by atoms with Gasteiger partial charge in [-0.1, -0.05) is 11.6 Å². The maximum absolute atomic E-state index is 10.6. The van der Waals surface area contributed by atoms with Crippen molar-refractivity contribution in [1.29, 1.82) is 0 Å². The van der Waals surface area contributed by atoms with Gasteiger partial charge in [0.2, 0.25) is 11.9 Å². The third-order valence-corrected chi connectivity index (χ3v) is 2.20. The topological polar surface area (TPSA) is 98.7 Å². The number of amides is 1. The van der Waals surface area contributed by atoms with E-state index in [1.54, 1.807) is 17.9 Å². The molecule has 0 aliphatic rings. The van der Waals surface area contributed by atoms with Crippen LogP contribution in [0.5, 0.6) is 0 Å². The molecule has 2 aromatic rings. The average molecular weight is 241 g/mol. The second-order valence-electron chi connectivity index (χ2n) is 3.19. The molecule has 0 saturated heterocycles. The number of fused-ring (bicyclic) bond motifs is 1. The minimum Gasteiger partial charge on any atom is -0.368 e. The van der Waals surface area contributed by atoms with Gasteiger partial charge < -0.3 is 15.6 Å². The summed E-state index contributed by atoms with van der Waals surface area (Å²) in [5, 5.41) is 2.91. The largest absolute Gasteiger partial charge is 0.368 e. The Labute approximate surface area is 95.6 Å². The Morgan fingerprint density at radius 2 is 2.38 bits per heavy atom. The van der Waals surface area contributed by atoms with Crippen LogP contribution in [0.2, 0.25) is 5.15 Å². The molecule has 0 aliphatic heterocycles. The quantitative estimate of drug-likeness (QED) is 0.731. The Kier molecular flexibility index (Phi) is 2.61. The van der Waals surface area contributed by atoms with Gasteiger partial charge in [-0.15, -0.1) is 0 Å². The second-order valence-corrected chi connectivity index (χ2v) is 3.54. The number of aromatic nitrogens is 4. The number of rotatable bonds is 3. The van der Waals surface area contributed by atoms with Gasteiger partial charge in [0.1, 0.15) is 5.52 Å². The molecular formula is C8H9ClN6O. The molecule has 16 heavy (non-hydrogen) atoms. The number of halogens is 1. The molecule has 0 radical (unpaired) electrons. The van der Waals surface area contributed by atoms with E-state index in [0.717, 1.165) is 0 Å². The number of nitrogens with two attached hydrogens (primary N) is 1. The summed E-state index contributed by atoms with van der Waals surface area (Å²) in [6, 6.07) is 0. The van der Waals surface area contributed by atoms with E-state index in [1.165, 1.54) is 0 Å². The zero-order chi connectivity index (χ0) is 11.7. The van der Waals surface area contributed by atoms with Gasteiger partial charge in [-0.25, -0.2) is 4.98 Å². The van der Waals surface area contributed by atoms with Crippen molar-refractivity contribution in [1.82, 2.24) is 19.5 Å². The summed E-state index contributed by atoms with van der Waals surface area (Å²) >= 11 is 5.91. The van der Waals surface area contributed by atoms with Crippen LogP contribution in [0.1, 0.15) is 0 Å². The molecule has 0 bridgehead atoms. The Morgan fingerprint density at radius 1 is 1.62 bits per heavy atom. The molecule has 84 valence electrons. The number of nitrogens with zero attached hydrogens (tertiary/aromatic N) is 4. The summed E-state index contributed by atoms with van der Waals surface area (Å²) in [5.41, 5.74) is 6.11. The van der Waals surface area contributed by atoms with Gasteiger partial charge in [-0.2, -0.15) is 9.97 Å². The van der Waals surface area contributed by atoms with E-state index in [2.05, 4.69) is 20.3 Å². The summed E-state index contributed by atoms with van der Waals surface area (Å²) in [6.07, 6.45) is 1.59. The highest BCUT2D eigenvalue weighted by Crippen LogP contribution is 2.19. The molecule has 0 fully saturated rings. The minimum atomic E-state index is -0.496. The molecule has 0 atom stereocenters. The van der Waals surface area contributed by atoms with E-state index in [4.69, 9.17) is 17.3 Å². The van der Waals surface area contributed by atoms with Gasteiger partial charge in [-0.05, 0) is 0 Å². The molecule has 0 saturated carbocycles. The summed E-state index contributed by atoms with van der Waals surface area (Å²) in [6.45, 7) is -0.0420. The van der Waals surface area contributed by atoms with Crippen molar-refractivity contribution in [2.24, 2.45) is 12.8 Å². The fourth-order valence-corrected chi connectivity index (χ4v) is 1.43. The fraction of sp³-hybridized carbons (Fsp3) is 0.250. The molecule has 8 heteroatoms. The van der Waals surface area contributed by atoms with Crippen LogP contribution in [-0.2, 0) is 11.8 Å². The number of anilines is 1. The van der Waals surface area contributed by atoms with Crippen molar-refractivity contribution in [2.75, 3.05) is 11.9 Å². The smallest absolute Gasteiger partial charge is 0.236 e. The fourth-order valence-electron chi connectivity index (χ4n) is 1.22. The zero-order valence-electron chi connectivity index (χ0n) is 8.44. The number of hydrogen-bond donors (Lipinski definition) is 2. The lowest BCUT2D eigenvalue weighted by Gasteiger charge is -2.03. The van der Waals surface area contributed by atoms with Gasteiger partial charge in [0.15, 0.2) is 10.8 Å². The van der Waals surface area contributed by atoms with Crippen molar-refractivity contribution < 1.29 is 4.79 Å². The van der Waals surface area contributed by atoms with Crippen LogP contribution in [0.25, 0.3) is 11.2 Å². The van der Waals surface area contributed by atoms with E-state index < -0.39 is 5.91 Å². The summed E-state index contributed by atoms with van der Waals surface area (Å²) in [4.78, 5) is 22.7. The third kappa shape index (κ3) is 1.89. The summed E-state index contributed by atoms with van der Waals surface area (Å²) in [7, 11) is 1.79. The Balaban J connectivity index is 2.40. The molecule has 3 N–H and O–H groups in total. The van der Waals surface area contributed by atoms with Gasteiger partial charge in [0.05, 0.1) is 12.9 Å². The molecule has 1 amide bonds. The molecule has 0 aliphatic carbocycles. The van der Waals surface area contributed by atoms with Crippen LogP contribution < -0.4 is 11.1 Å². The number of primary amides is 1. The number of nitrogens with one attached hydrogen (secondary N) is 1. The van der Waals surface area contributed by atoms with Crippen molar-refractivity contribution in [3.8, 4) is 0 Å². The van der Waals surface area contributed by atoms with Crippen LogP contribution >= 0.6 is 11.6 Å². The van der Waals surface area contributed by atoms with Gasteiger partial charge in [0, 0.05) is 7.05 Å². The maximum Gasteiger partial charge on any atom is 0.236 e. The molecular weight excluding hydrogens is 232 g/mol. The van der Waals surface area contributed by atoms with E-state index in [-0.39, 0.29) is 17.6 Å². The summed E-state index contributed by atoms with van der Waals surface area (Å²) < 4.78 is 1.71. The van der Waals surface area contributed by atoms with Crippen molar-refractivity contribution in [2.45, 2.75) is 0 Å². The first kappa shape index (κ1) is 10.6. The van der Waals surface area contributed by atoms with Crippen LogP contribution in [0.15, 0.2) is 6.33 Å². The molecule has 0 aromatic carbocycles. The minimum absolute atomic E-state index is 0.0420. The monoisotopic (exact) mass is 240 g/mol. The first-order valence-corrected chi connectivity index (χ1v) is 4.82. The van der Waals surface area contributed by atoms with Gasteiger partial charge >= 0.3 is 0 Å². The molecule has 2 heterocycles. The predicted molar refractivity (Wildman–Crippen MR) is 59.0 cm³/mol. The average Bonchev–Trinajstić information content (AvgIpc) is 2.58. The first-order valence-electron chi connectivity index (χ1n) is 4.44. The molecule has 2 rings (SSSR count). The van der Waals surface area contributed by atoms with E-state index >= 15 is 0 Å². The lowest BCUT2D eigenvalue weighted by molar-refractivity contribution is -0.116. The molecule has 0 spiro atoms. The van der Waals surface area contributed by atoms with Gasteiger partial charge in [-0.3, -0.25) is 4.79 Å². The lowest BCUT2D eigenvalue weighted by atomic mass is 10.5. The third-order valence-electron chi connectivity index (χ3n) is 1.94. The SMILES string of the molecule is Cn1cnc2c(Cl)nc(NCC(N)=O)nc21. The molecule has 0 unspecified atom stereocenters. The maximum atomic E-state index is 10.6. The van der Waals surface area contributed by atoms with Crippen molar-refractivity contribution in [3.63, 3.8) is 0 Å². The van der Waals surface area contributed by atoms with E-state index in [1.807, 2.05) is 0 Å².